The number of pyridine rings is 1. The van der Waals surface area contributed by atoms with Gasteiger partial charge in [-0.15, -0.1) is 11.3 Å². The predicted octanol–water partition coefficient (Wildman–Crippen LogP) is 4.07. The van der Waals surface area contributed by atoms with Crippen LogP contribution in [-0.2, 0) is 17.8 Å². The number of aryl methyl sites for hydroxylation is 1. The maximum absolute atomic E-state index is 12.4. The molecule has 2 aromatic carbocycles. The molecule has 0 aliphatic rings. The van der Waals surface area contributed by atoms with Crippen LogP contribution in [0.5, 0.6) is 0 Å². The monoisotopic (exact) mass is 460 g/mol. The average Bonchev–Trinajstić information content (AvgIpc) is 3.25. The van der Waals surface area contributed by atoms with Gasteiger partial charge in [0.25, 0.3) is 0 Å². The van der Waals surface area contributed by atoms with Gasteiger partial charge in [-0.25, -0.2) is 9.78 Å². The lowest BCUT2D eigenvalue weighted by molar-refractivity contribution is -0.117. The zero-order valence-corrected chi connectivity index (χ0v) is 18.6. The van der Waals surface area contributed by atoms with Crippen LogP contribution in [0.4, 0.5) is 22.0 Å². The van der Waals surface area contributed by atoms with Crippen molar-refractivity contribution in [3.05, 3.63) is 71.2 Å². The van der Waals surface area contributed by atoms with E-state index in [0.29, 0.717) is 30.2 Å². The Kier molecular flexibility index (Phi) is 6.53. The number of nitrogen functional groups attached to an aromatic ring is 1. The largest absolute Gasteiger partial charge is 0.383 e. The van der Waals surface area contributed by atoms with E-state index >= 15 is 0 Å². The van der Waals surface area contributed by atoms with Crippen molar-refractivity contribution in [1.82, 2.24) is 4.98 Å². The molecule has 0 spiro atoms. The number of hydrogen-bond donors (Lipinski definition) is 5. The van der Waals surface area contributed by atoms with Gasteiger partial charge in [-0.2, -0.15) is 0 Å². The zero-order chi connectivity index (χ0) is 23.4. The summed E-state index contributed by atoms with van der Waals surface area (Å²) in [4.78, 5) is 27.8. The summed E-state index contributed by atoms with van der Waals surface area (Å²) in [5, 5.41) is 8.51. The van der Waals surface area contributed by atoms with Gasteiger partial charge in [0.1, 0.15) is 5.82 Å². The number of fused-ring (bicyclic) bond motifs is 1. The fraction of sp³-hybridized carbons (Fsp3) is 0.125. The Hall–Kier alpha value is -3.95. The summed E-state index contributed by atoms with van der Waals surface area (Å²) in [7, 11) is 0. The molecule has 0 aliphatic heterocycles. The summed E-state index contributed by atoms with van der Waals surface area (Å²) in [6.07, 6.45) is 2.48. The highest BCUT2D eigenvalue weighted by Crippen LogP contribution is 2.39. The molecule has 9 heteroatoms. The first-order valence-corrected chi connectivity index (χ1v) is 11.2. The zero-order valence-electron chi connectivity index (χ0n) is 17.8. The average molecular weight is 461 g/mol. The Bertz CT molecular complexity index is 1320. The molecule has 0 fully saturated rings. The first-order chi connectivity index (χ1) is 15.9. The molecular weight excluding hydrogens is 436 g/mol. The number of carbonyl (C=O) groups is 2. The molecule has 2 aromatic heterocycles. The van der Waals surface area contributed by atoms with Crippen molar-refractivity contribution in [2.24, 2.45) is 11.5 Å². The van der Waals surface area contributed by atoms with Crippen LogP contribution >= 0.6 is 11.3 Å². The van der Waals surface area contributed by atoms with Crippen molar-refractivity contribution >= 4 is 50.6 Å². The fourth-order valence-electron chi connectivity index (χ4n) is 3.57. The number of aromatic nitrogens is 1. The van der Waals surface area contributed by atoms with Gasteiger partial charge in [-0.3, -0.25) is 4.79 Å². The topological polar surface area (TPSA) is 149 Å². The normalized spacial score (nSPS) is 10.8. The maximum atomic E-state index is 12.4. The molecule has 33 heavy (non-hydrogen) atoms. The molecular formula is C24H24N6O2S. The van der Waals surface area contributed by atoms with Gasteiger partial charge in [0, 0.05) is 46.2 Å². The molecule has 4 aromatic rings. The number of anilines is 3. The van der Waals surface area contributed by atoms with Crippen LogP contribution in [0.2, 0.25) is 0 Å². The molecule has 0 radical (unpaired) electrons. The van der Waals surface area contributed by atoms with E-state index in [2.05, 4.69) is 15.6 Å². The van der Waals surface area contributed by atoms with Gasteiger partial charge in [0.15, 0.2) is 0 Å². The van der Waals surface area contributed by atoms with Crippen molar-refractivity contribution in [3.8, 4) is 11.1 Å². The summed E-state index contributed by atoms with van der Waals surface area (Å²) in [6, 6.07) is 14.5. The van der Waals surface area contributed by atoms with Crippen LogP contribution in [0.25, 0.3) is 21.2 Å². The highest BCUT2D eigenvalue weighted by atomic mass is 32.1. The number of nitrogens with one attached hydrogen (secondary N) is 2. The fourth-order valence-corrected chi connectivity index (χ4v) is 4.70. The van der Waals surface area contributed by atoms with Gasteiger partial charge < -0.3 is 27.8 Å². The number of urea groups is 1. The Morgan fingerprint density at radius 1 is 1.03 bits per heavy atom. The first kappa shape index (κ1) is 22.3. The van der Waals surface area contributed by atoms with Crippen LogP contribution in [0.1, 0.15) is 17.5 Å². The van der Waals surface area contributed by atoms with Crippen molar-refractivity contribution in [2.45, 2.75) is 19.4 Å². The molecule has 168 valence electrons. The van der Waals surface area contributed by atoms with Crippen molar-refractivity contribution in [3.63, 3.8) is 0 Å². The third-order valence-electron chi connectivity index (χ3n) is 5.21. The number of rotatable bonds is 7. The SMILES string of the molecule is NCc1cccc(NC(=O)Nc2ccc(-c3csc4c(CCC(N)=O)cnc(N)c34)cc2)c1. The molecule has 0 bridgehead atoms. The number of carbonyl (C=O) groups excluding carboxylic acids is 2. The first-order valence-electron chi connectivity index (χ1n) is 10.3. The Morgan fingerprint density at radius 2 is 1.79 bits per heavy atom. The standard InChI is InChI=1S/C24H24N6O2S/c25-11-14-2-1-3-18(10-14)30-24(32)29-17-7-4-15(5-8-17)19-13-33-22-16(6-9-20(26)31)12-28-23(27)21(19)22/h1-5,7-8,10,12-13H,6,9,11,25H2,(H2,26,31)(H2,27,28)(H2,29,30,32). The van der Waals surface area contributed by atoms with Gasteiger partial charge in [0.2, 0.25) is 5.91 Å². The highest BCUT2D eigenvalue weighted by molar-refractivity contribution is 7.18. The highest BCUT2D eigenvalue weighted by Gasteiger charge is 2.15. The minimum Gasteiger partial charge on any atom is -0.383 e. The van der Waals surface area contributed by atoms with E-state index in [0.717, 1.165) is 32.3 Å². The lowest BCUT2D eigenvalue weighted by Gasteiger charge is -2.10. The van der Waals surface area contributed by atoms with Crippen LogP contribution in [0.3, 0.4) is 0 Å². The number of hydrogen-bond acceptors (Lipinski definition) is 6. The second-order valence-electron chi connectivity index (χ2n) is 7.55. The van der Waals surface area contributed by atoms with E-state index in [4.69, 9.17) is 17.2 Å². The van der Waals surface area contributed by atoms with Crippen LogP contribution in [-0.4, -0.2) is 16.9 Å². The van der Waals surface area contributed by atoms with E-state index in [1.165, 1.54) is 0 Å². The smallest absolute Gasteiger partial charge is 0.323 e. The number of thiophene rings is 1. The Morgan fingerprint density at radius 3 is 2.52 bits per heavy atom. The molecule has 0 saturated heterocycles. The number of benzene rings is 2. The molecule has 8 N–H and O–H groups in total. The quantitative estimate of drug-likeness (QED) is 0.282. The second-order valence-corrected chi connectivity index (χ2v) is 8.43. The lowest BCUT2D eigenvalue weighted by Crippen LogP contribution is -2.19. The lowest BCUT2D eigenvalue weighted by atomic mass is 10.0. The molecule has 0 unspecified atom stereocenters. The summed E-state index contributed by atoms with van der Waals surface area (Å²) in [5.74, 6) is 0.0846. The van der Waals surface area contributed by atoms with Gasteiger partial charge in [-0.1, -0.05) is 24.3 Å². The van der Waals surface area contributed by atoms with E-state index in [9.17, 15) is 9.59 Å². The molecule has 8 nitrogen and oxygen atoms in total. The molecule has 4 rings (SSSR count). The van der Waals surface area contributed by atoms with Crippen molar-refractivity contribution in [2.75, 3.05) is 16.4 Å². The minimum atomic E-state index is -0.351. The Labute approximate surface area is 194 Å². The second kappa shape index (κ2) is 9.68. The van der Waals surface area contributed by atoms with E-state index in [1.807, 2.05) is 47.8 Å². The predicted molar refractivity (Wildman–Crippen MR) is 134 cm³/mol. The van der Waals surface area contributed by atoms with Crippen LogP contribution < -0.4 is 27.8 Å². The minimum absolute atomic E-state index is 0.257. The number of nitrogens with zero attached hydrogens (tertiary/aromatic N) is 1. The Balaban J connectivity index is 1.51. The molecule has 0 aliphatic carbocycles. The molecule has 0 saturated carbocycles. The molecule has 3 amide bonds. The molecule has 2 heterocycles. The van der Waals surface area contributed by atoms with Crippen molar-refractivity contribution < 1.29 is 9.59 Å². The third-order valence-corrected chi connectivity index (χ3v) is 6.27. The van der Waals surface area contributed by atoms with Crippen LogP contribution in [0.15, 0.2) is 60.1 Å². The maximum Gasteiger partial charge on any atom is 0.323 e. The van der Waals surface area contributed by atoms with Gasteiger partial charge >= 0.3 is 6.03 Å². The van der Waals surface area contributed by atoms with E-state index in [-0.39, 0.29) is 18.4 Å². The summed E-state index contributed by atoms with van der Waals surface area (Å²) < 4.78 is 1.00. The summed E-state index contributed by atoms with van der Waals surface area (Å²) in [5.41, 5.74) is 22.2. The number of amides is 3. The summed E-state index contributed by atoms with van der Waals surface area (Å²) >= 11 is 1.56. The summed E-state index contributed by atoms with van der Waals surface area (Å²) in [6.45, 7) is 0.405. The third kappa shape index (κ3) is 5.11. The van der Waals surface area contributed by atoms with Crippen LogP contribution in [0, 0.1) is 0 Å². The van der Waals surface area contributed by atoms with E-state index < -0.39 is 0 Å². The van der Waals surface area contributed by atoms with Gasteiger partial charge in [0.05, 0.1) is 0 Å². The van der Waals surface area contributed by atoms with E-state index in [1.54, 1.807) is 23.6 Å². The molecule has 0 atom stereocenters. The number of nitrogens with two attached hydrogens (primary N) is 3. The van der Waals surface area contributed by atoms with Crippen molar-refractivity contribution in [1.29, 1.82) is 0 Å². The number of primary amides is 1. The van der Waals surface area contributed by atoms with Gasteiger partial charge in [-0.05, 0) is 52.8 Å².